The van der Waals surface area contributed by atoms with E-state index in [2.05, 4.69) is 22.8 Å². The molecule has 0 bridgehead atoms. The highest BCUT2D eigenvalue weighted by Crippen LogP contribution is 2.42. The van der Waals surface area contributed by atoms with Gasteiger partial charge in [0.15, 0.2) is 0 Å². The first-order valence-corrected chi connectivity index (χ1v) is 10.5. The second kappa shape index (κ2) is 8.71. The first kappa shape index (κ1) is 18.2. The van der Waals surface area contributed by atoms with E-state index in [1.165, 1.54) is 56.9 Å². The minimum Gasteiger partial charge on any atom is -0.322 e. The Morgan fingerprint density at radius 1 is 0.815 bits per heavy atom. The van der Waals surface area contributed by atoms with Crippen molar-refractivity contribution >= 4 is 11.6 Å². The lowest BCUT2D eigenvalue weighted by Gasteiger charge is -2.21. The van der Waals surface area contributed by atoms with Gasteiger partial charge < -0.3 is 10.6 Å². The molecule has 2 fully saturated rings. The maximum atomic E-state index is 12.3. The van der Waals surface area contributed by atoms with Gasteiger partial charge in [-0.1, -0.05) is 62.4 Å². The molecule has 27 heavy (non-hydrogen) atoms. The van der Waals surface area contributed by atoms with Crippen molar-refractivity contribution in [3.8, 4) is 0 Å². The zero-order valence-corrected chi connectivity index (χ0v) is 16.0. The Labute approximate surface area is 162 Å². The van der Waals surface area contributed by atoms with E-state index in [9.17, 15) is 4.79 Å². The predicted octanol–water partition coefficient (Wildman–Crippen LogP) is 5.50. The van der Waals surface area contributed by atoms with E-state index in [1.54, 1.807) is 0 Å². The summed E-state index contributed by atoms with van der Waals surface area (Å²) in [6.45, 7) is 0. The van der Waals surface area contributed by atoms with Crippen LogP contribution in [0.3, 0.4) is 0 Å². The summed E-state index contributed by atoms with van der Waals surface area (Å²) < 4.78 is 0. The number of hydrogen-bond donors (Lipinski definition) is 2. The second-order valence-corrected chi connectivity index (χ2v) is 8.10. The van der Waals surface area contributed by atoms with Gasteiger partial charge in [-0.15, -0.1) is 0 Å². The zero-order chi connectivity index (χ0) is 18.5. The van der Waals surface area contributed by atoms with Crippen LogP contribution >= 0.6 is 0 Å². The quantitative estimate of drug-likeness (QED) is 0.737. The zero-order valence-electron chi connectivity index (χ0n) is 16.0. The Balaban J connectivity index is 1.29. The van der Waals surface area contributed by atoms with Crippen LogP contribution in [0.1, 0.15) is 73.2 Å². The highest BCUT2D eigenvalue weighted by atomic mass is 16.1. The topological polar surface area (TPSA) is 41.1 Å². The van der Waals surface area contributed by atoms with Crippen molar-refractivity contribution in [1.82, 2.24) is 5.32 Å². The number of carbonyl (C=O) groups excluding carboxylic acids is 1. The molecular formula is C24H30N2O. The van der Waals surface area contributed by atoms with Crippen molar-refractivity contribution in [3.63, 3.8) is 0 Å². The van der Waals surface area contributed by atoms with Gasteiger partial charge >= 0.3 is 0 Å². The number of carbonyl (C=O) groups is 1. The van der Waals surface area contributed by atoms with Gasteiger partial charge in [-0.2, -0.15) is 0 Å². The fourth-order valence-corrected chi connectivity index (χ4v) is 4.28. The van der Waals surface area contributed by atoms with Gasteiger partial charge in [-0.05, 0) is 49.1 Å². The number of rotatable bonds is 5. The lowest BCUT2D eigenvalue weighted by Crippen LogP contribution is -2.32. The minimum atomic E-state index is -0.0569. The van der Waals surface area contributed by atoms with Crippen molar-refractivity contribution in [2.75, 3.05) is 5.32 Å². The monoisotopic (exact) mass is 362 g/mol. The van der Waals surface area contributed by atoms with E-state index in [1.807, 2.05) is 42.5 Å². The van der Waals surface area contributed by atoms with Crippen LogP contribution in [0.15, 0.2) is 54.6 Å². The lowest BCUT2D eigenvalue weighted by molar-refractivity contribution is 0.102. The van der Waals surface area contributed by atoms with E-state index >= 15 is 0 Å². The molecule has 2 aliphatic carbocycles. The summed E-state index contributed by atoms with van der Waals surface area (Å²) in [6, 6.07) is 19.1. The summed E-state index contributed by atoms with van der Waals surface area (Å²) in [5.41, 5.74) is 2.93. The van der Waals surface area contributed by atoms with Crippen LogP contribution in [0.5, 0.6) is 0 Å². The normalized spacial score (nSPS) is 23.3. The van der Waals surface area contributed by atoms with Gasteiger partial charge in [-0.25, -0.2) is 0 Å². The lowest BCUT2D eigenvalue weighted by atomic mass is 9.96. The van der Waals surface area contributed by atoms with Gasteiger partial charge in [0.05, 0.1) is 0 Å². The summed E-state index contributed by atoms with van der Waals surface area (Å²) in [4.78, 5) is 12.3. The average Bonchev–Trinajstić information content (AvgIpc) is 3.44. The fourth-order valence-electron chi connectivity index (χ4n) is 4.28. The van der Waals surface area contributed by atoms with E-state index in [-0.39, 0.29) is 5.91 Å². The van der Waals surface area contributed by atoms with Crippen LogP contribution < -0.4 is 10.6 Å². The van der Waals surface area contributed by atoms with Crippen LogP contribution in [0.2, 0.25) is 0 Å². The number of hydrogen-bond acceptors (Lipinski definition) is 2. The van der Waals surface area contributed by atoms with Crippen LogP contribution in [0.4, 0.5) is 5.69 Å². The summed E-state index contributed by atoms with van der Waals surface area (Å²) in [6.07, 6.45) is 10.9. The van der Waals surface area contributed by atoms with Crippen LogP contribution in [-0.4, -0.2) is 18.0 Å². The Bertz CT molecular complexity index is 733. The van der Waals surface area contributed by atoms with E-state index in [0.717, 1.165) is 5.69 Å². The first-order chi connectivity index (χ1) is 13.3. The number of nitrogens with one attached hydrogen (secondary N) is 2. The number of amides is 1. The highest BCUT2D eigenvalue weighted by Gasteiger charge is 2.39. The maximum Gasteiger partial charge on any atom is 0.255 e. The molecule has 3 heteroatoms. The number of benzene rings is 2. The molecule has 2 aromatic rings. The van der Waals surface area contributed by atoms with Crippen LogP contribution in [-0.2, 0) is 0 Å². The molecule has 2 aromatic carbocycles. The molecule has 142 valence electrons. The van der Waals surface area contributed by atoms with Crippen LogP contribution in [0, 0.1) is 0 Å². The molecule has 4 rings (SSSR count). The fraction of sp³-hybridized carbons (Fsp3) is 0.458. The molecule has 1 amide bonds. The van der Waals surface area contributed by atoms with Gasteiger partial charge in [0.1, 0.15) is 0 Å². The van der Waals surface area contributed by atoms with Crippen molar-refractivity contribution in [2.45, 2.75) is 69.4 Å². The molecule has 0 saturated heterocycles. The molecular weight excluding hydrogens is 332 g/mol. The molecule has 0 aliphatic heterocycles. The van der Waals surface area contributed by atoms with Crippen molar-refractivity contribution < 1.29 is 4.79 Å². The summed E-state index contributed by atoms with van der Waals surface area (Å²) in [7, 11) is 0. The highest BCUT2D eigenvalue weighted by molar-refractivity contribution is 6.04. The molecule has 2 saturated carbocycles. The Hall–Kier alpha value is -2.13. The largest absolute Gasteiger partial charge is 0.322 e. The van der Waals surface area contributed by atoms with Crippen molar-refractivity contribution in [3.05, 3.63) is 65.7 Å². The van der Waals surface area contributed by atoms with E-state index in [0.29, 0.717) is 23.6 Å². The Morgan fingerprint density at radius 3 is 2.19 bits per heavy atom. The molecule has 2 aliphatic rings. The SMILES string of the molecule is O=C(Nc1ccc(C2CC2NC2CCCCCCC2)cc1)c1ccccc1. The van der Waals surface area contributed by atoms with Gasteiger partial charge in [0.25, 0.3) is 5.91 Å². The first-order valence-electron chi connectivity index (χ1n) is 10.5. The minimum absolute atomic E-state index is 0.0569. The Morgan fingerprint density at radius 2 is 1.48 bits per heavy atom. The summed E-state index contributed by atoms with van der Waals surface area (Å²) in [5.74, 6) is 0.577. The van der Waals surface area contributed by atoms with E-state index in [4.69, 9.17) is 0 Å². The van der Waals surface area contributed by atoms with Crippen molar-refractivity contribution in [1.29, 1.82) is 0 Å². The molecule has 0 spiro atoms. The summed E-state index contributed by atoms with van der Waals surface area (Å²) in [5, 5.41) is 6.89. The predicted molar refractivity (Wildman–Crippen MR) is 111 cm³/mol. The molecule has 0 aromatic heterocycles. The molecule has 2 N–H and O–H groups in total. The molecule has 2 unspecified atom stereocenters. The van der Waals surface area contributed by atoms with E-state index < -0.39 is 0 Å². The van der Waals surface area contributed by atoms with Gasteiger partial charge in [0.2, 0.25) is 0 Å². The average molecular weight is 363 g/mol. The third-order valence-electron chi connectivity index (χ3n) is 5.98. The van der Waals surface area contributed by atoms with Crippen LogP contribution in [0.25, 0.3) is 0 Å². The second-order valence-electron chi connectivity index (χ2n) is 8.10. The third-order valence-corrected chi connectivity index (χ3v) is 5.98. The molecule has 0 heterocycles. The molecule has 2 atom stereocenters. The summed E-state index contributed by atoms with van der Waals surface area (Å²) >= 11 is 0. The molecule has 0 radical (unpaired) electrons. The standard InChI is InChI=1S/C24H30N2O/c27-24(19-9-5-4-6-10-19)26-21-15-13-18(14-16-21)22-17-23(22)25-20-11-7-2-1-3-8-12-20/h4-6,9-10,13-16,20,22-23,25H,1-3,7-8,11-12,17H2,(H,26,27). The smallest absolute Gasteiger partial charge is 0.255 e. The van der Waals surface area contributed by atoms with Crippen molar-refractivity contribution in [2.24, 2.45) is 0 Å². The Kier molecular flexibility index (Phi) is 5.88. The van der Waals surface area contributed by atoms with Gasteiger partial charge in [0, 0.05) is 29.3 Å². The number of anilines is 1. The molecule has 3 nitrogen and oxygen atoms in total. The maximum absolute atomic E-state index is 12.3. The van der Waals surface area contributed by atoms with Gasteiger partial charge in [-0.3, -0.25) is 4.79 Å². The third kappa shape index (κ3) is 4.98.